The van der Waals surface area contributed by atoms with Crippen molar-refractivity contribution in [3.05, 3.63) is 58.7 Å². The molecule has 0 aliphatic heterocycles. The van der Waals surface area contributed by atoms with Gasteiger partial charge in [0.15, 0.2) is 0 Å². The fraction of sp³-hybridized carbons (Fsp3) is 0.294. The average Bonchev–Trinajstić information content (AvgIpc) is 2.50. The maximum Gasteiger partial charge on any atom is 0.433 e. The highest BCUT2D eigenvalue weighted by molar-refractivity contribution is 5.53. The van der Waals surface area contributed by atoms with Crippen LogP contribution in [0.25, 0.3) is 0 Å². The monoisotopic (exact) mass is 362 g/mol. The Bertz CT molecular complexity index is 800. The van der Waals surface area contributed by atoms with Gasteiger partial charge in [0.25, 0.3) is 5.67 Å². The first-order chi connectivity index (χ1) is 11.3. The number of rotatable bonds is 3. The number of hydrogen-bond donors (Lipinski definition) is 2. The number of halogens is 6. The number of anilines is 2. The van der Waals surface area contributed by atoms with Crippen LogP contribution < -0.4 is 11.5 Å². The maximum absolute atomic E-state index is 15.1. The van der Waals surface area contributed by atoms with E-state index >= 15 is 4.39 Å². The molecule has 25 heavy (non-hydrogen) atoms. The quantitative estimate of drug-likeness (QED) is 0.597. The molecule has 1 atom stereocenters. The second kappa shape index (κ2) is 5.86. The highest BCUT2D eigenvalue weighted by Gasteiger charge is 2.72. The lowest BCUT2D eigenvalue weighted by molar-refractivity contribution is -0.314. The molecular formula is C17H16F6N2. The second-order valence-corrected chi connectivity index (χ2v) is 5.87. The van der Waals surface area contributed by atoms with Gasteiger partial charge in [-0.05, 0) is 37.1 Å². The number of nitrogen functional groups attached to an aromatic ring is 2. The van der Waals surface area contributed by atoms with Crippen LogP contribution in [0.5, 0.6) is 0 Å². The van der Waals surface area contributed by atoms with Gasteiger partial charge in [-0.3, -0.25) is 0 Å². The van der Waals surface area contributed by atoms with E-state index < -0.39 is 28.9 Å². The molecule has 2 nitrogen and oxygen atoms in total. The van der Waals surface area contributed by atoms with Gasteiger partial charge in [0.2, 0.25) is 0 Å². The van der Waals surface area contributed by atoms with Gasteiger partial charge in [0, 0.05) is 22.5 Å². The minimum absolute atomic E-state index is 0.162. The Hall–Kier alpha value is -2.38. The van der Waals surface area contributed by atoms with Crippen LogP contribution >= 0.6 is 0 Å². The van der Waals surface area contributed by atoms with Crippen molar-refractivity contribution in [3.8, 4) is 0 Å². The summed E-state index contributed by atoms with van der Waals surface area (Å²) < 4.78 is 84.9. The molecule has 0 spiro atoms. The molecule has 0 heterocycles. The number of aryl methyl sites for hydroxylation is 2. The van der Waals surface area contributed by atoms with Crippen molar-refractivity contribution >= 4 is 11.4 Å². The Morgan fingerprint density at radius 2 is 1.08 bits per heavy atom. The van der Waals surface area contributed by atoms with Crippen LogP contribution in [0.1, 0.15) is 22.3 Å². The van der Waals surface area contributed by atoms with Crippen molar-refractivity contribution in [1.82, 2.24) is 0 Å². The third-order valence-corrected chi connectivity index (χ3v) is 4.14. The molecule has 0 fully saturated rings. The van der Waals surface area contributed by atoms with E-state index in [1.165, 1.54) is 13.8 Å². The molecule has 2 aromatic rings. The molecule has 2 aromatic carbocycles. The molecule has 0 aliphatic rings. The van der Waals surface area contributed by atoms with Crippen LogP contribution in [-0.4, -0.2) is 6.18 Å². The van der Waals surface area contributed by atoms with Crippen LogP contribution in [0.3, 0.4) is 0 Å². The molecule has 0 amide bonds. The Labute approximate surface area is 140 Å². The summed E-state index contributed by atoms with van der Waals surface area (Å²) in [4.78, 5) is 0. The van der Waals surface area contributed by atoms with Crippen molar-refractivity contribution < 1.29 is 26.3 Å². The summed E-state index contributed by atoms with van der Waals surface area (Å²) in [5.74, 6) is -4.92. The molecule has 8 heteroatoms. The highest BCUT2D eigenvalue weighted by atomic mass is 19.4. The smallest absolute Gasteiger partial charge is 0.399 e. The van der Waals surface area contributed by atoms with E-state index in [4.69, 9.17) is 11.5 Å². The molecule has 0 saturated carbocycles. The molecule has 0 saturated heterocycles. The summed E-state index contributed by atoms with van der Waals surface area (Å²) in [6.45, 7) is 2.95. The lowest BCUT2D eigenvalue weighted by atomic mass is 9.83. The third kappa shape index (κ3) is 2.89. The number of hydrogen-bond acceptors (Lipinski definition) is 2. The minimum atomic E-state index is -5.89. The zero-order valence-corrected chi connectivity index (χ0v) is 13.4. The molecule has 0 aliphatic carbocycles. The first-order valence-electron chi connectivity index (χ1n) is 7.19. The van der Waals surface area contributed by atoms with E-state index in [0.717, 1.165) is 18.2 Å². The first-order valence-corrected chi connectivity index (χ1v) is 7.19. The van der Waals surface area contributed by atoms with Crippen LogP contribution in [0.4, 0.5) is 37.7 Å². The minimum Gasteiger partial charge on any atom is -0.399 e. The van der Waals surface area contributed by atoms with Gasteiger partial charge in [0.05, 0.1) is 0 Å². The highest BCUT2D eigenvalue weighted by Crippen LogP contribution is 2.57. The van der Waals surface area contributed by atoms with Gasteiger partial charge >= 0.3 is 12.1 Å². The van der Waals surface area contributed by atoms with E-state index in [2.05, 4.69) is 0 Å². The number of nitrogens with two attached hydrogens (primary N) is 2. The van der Waals surface area contributed by atoms with Crippen LogP contribution in [0, 0.1) is 13.8 Å². The van der Waals surface area contributed by atoms with E-state index in [1.807, 2.05) is 0 Å². The van der Waals surface area contributed by atoms with Gasteiger partial charge < -0.3 is 11.5 Å². The molecule has 0 bridgehead atoms. The molecule has 2 rings (SSSR count). The van der Waals surface area contributed by atoms with Gasteiger partial charge in [-0.1, -0.05) is 24.3 Å². The summed E-state index contributed by atoms with van der Waals surface area (Å²) in [6, 6.07) is 4.78. The molecule has 1 unspecified atom stereocenters. The largest absolute Gasteiger partial charge is 0.433 e. The first kappa shape index (κ1) is 19.0. The van der Waals surface area contributed by atoms with Crippen molar-refractivity contribution in [3.63, 3.8) is 0 Å². The predicted molar refractivity (Wildman–Crippen MR) is 83.9 cm³/mol. The molecule has 0 radical (unpaired) electrons. The summed E-state index contributed by atoms with van der Waals surface area (Å²) >= 11 is 0. The molecular weight excluding hydrogens is 346 g/mol. The molecule has 4 N–H and O–H groups in total. The van der Waals surface area contributed by atoms with E-state index in [1.54, 1.807) is 0 Å². The topological polar surface area (TPSA) is 52.0 Å². The Kier molecular flexibility index (Phi) is 4.44. The Morgan fingerprint density at radius 1 is 0.680 bits per heavy atom. The summed E-state index contributed by atoms with van der Waals surface area (Å²) in [5, 5.41) is 0. The molecule has 0 aromatic heterocycles. The summed E-state index contributed by atoms with van der Waals surface area (Å²) in [7, 11) is 0. The van der Waals surface area contributed by atoms with Gasteiger partial charge in [0.1, 0.15) is 0 Å². The molecule has 136 valence electrons. The van der Waals surface area contributed by atoms with E-state index in [0.29, 0.717) is 29.3 Å². The van der Waals surface area contributed by atoms with Crippen molar-refractivity contribution in [2.24, 2.45) is 0 Å². The SMILES string of the molecule is Cc1ccc(C(F)(F)C(F)(c2ccc(C)c(N)c2)C(F)(F)F)cc1N. The van der Waals surface area contributed by atoms with Crippen LogP contribution in [0.15, 0.2) is 36.4 Å². The van der Waals surface area contributed by atoms with Gasteiger partial charge in [-0.15, -0.1) is 0 Å². The normalized spacial score (nSPS) is 15.0. The Balaban J connectivity index is 2.74. The van der Waals surface area contributed by atoms with E-state index in [9.17, 15) is 22.0 Å². The summed E-state index contributed by atoms with van der Waals surface area (Å²) in [6.07, 6.45) is -5.89. The van der Waals surface area contributed by atoms with Crippen LogP contribution in [-0.2, 0) is 11.6 Å². The average molecular weight is 362 g/mol. The number of benzene rings is 2. The third-order valence-electron chi connectivity index (χ3n) is 4.14. The standard InChI is InChI=1S/C17H16F6N2/c1-9-3-5-11(7-13(9)24)15(18,17(21,22)23)16(19,20)12-6-4-10(2)14(25)8-12/h3-8H,24-25H2,1-2H3. The van der Waals surface area contributed by atoms with Gasteiger partial charge in [-0.2, -0.15) is 22.0 Å². The predicted octanol–water partition coefficient (Wildman–Crippen LogP) is 4.99. The Morgan fingerprint density at radius 3 is 1.48 bits per heavy atom. The van der Waals surface area contributed by atoms with Crippen molar-refractivity contribution in [2.45, 2.75) is 31.6 Å². The zero-order chi connectivity index (χ0) is 19.2. The van der Waals surface area contributed by atoms with E-state index in [-0.39, 0.29) is 11.4 Å². The maximum atomic E-state index is 15.1. The zero-order valence-electron chi connectivity index (χ0n) is 13.4. The fourth-order valence-corrected chi connectivity index (χ4v) is 2.41. The lowest BCUT2D eigenvalue weighted by Gasteiger charge is -2.36. The van der Waals surface area contributed by atoms with Crippen LogP contribution in [0.2, 0.25) is 0 Å². The lowest BCUT2D eigenvalue weighted by Crippen LogP contribution is -2.51. The van der Waals surface area contributed by atoms with Crippen molar-refractivity contribution in [2.75, 3.05) is 11.5 Å². The summed E-state index contributed by atoms with van der Waals surface area (Å²) in [5.41, 5.74) is 3.92. The van der Waals surface area contributed by atoms with Gasteiger partial charge in [-0.25, -0.2) is 4.39 Å². The van der Waals surface area contributed by atoms with Crippen molar-refractivity contribution in [1.29, 1.82) is 0 Å². The number of alkyl halides is 6. The second-order valence-electron chi connectivity index (χ2n) is 5.87. The fourth-order valence-electron chi connectivity index (χ4n) is 2.41.